The maximum Gasteiger partial charge on any atom is 0.254 e. The molecule has 9 aromatic rings. The first-order chi connectivity index (χ1) is 48.6. The van der Waals surface area contributed by atoms with Crippen LogP contribution in [-0.4, -0.2) is 152 Å². The number of halogens is 1. The van der Waals surface area contributed by atoms with Gasteiger partial charge >= 0.3 is 0 Å². The van der Waals surface area contributed by atoms with Crippen molar-refractivity contribution in [3.05, 3.63) is 205 Å². The van der Waals surface area contributed by atoms with Gasteiger partial charge in [0, 0.05) is 74.0 Å². The number of ether oxygens (including phenoxy) is 3. The first kappa shape index (κ1) is 72.5. The van der Waals surface area contributed by atoms with E-state index >= 15 is 0 Å². The van der Waals surface area contributed by atoms with Gasteiger partial charge in [0.15, 0.2) is 0 Å². The minimum atomic E-state index is -3.57. The second-order valence-electron chi connectivity index (χ2n) is 24.5. The zero-order valence-corrected chi connectivity index (χ0v) is 57.5. The van der Waals surface area contributed by atoms with E-state index in [4.69, 9.17) is 65.3 Å². The van der Waals surface area contributed by atoms with Gasteiger partial charge in [0.25, 0.3) is 17.7 Å². The van der Waals surface area contributed by atoms with Crippen LogP contribution in [0.2, 0.25) is 0 Å². The molecule has 5 amide bonds. The van der Waals surface area contributed by atoms with Crippen molar-refractivity contribution in [1.29, 1.82) is 0 Å². The summed E-state index contributed by atoms with van der Waals surface area (Å²) < 4.78 is 48.1. The summed E-state index contributed by atoms with van der Waals surface area (Å²) in [6.45, 7) is 6.85. The minimum absolute atomic E-state index is 0.0448. The SMILES string of the molecule is C=CS(=O)(=O)N1CCCC(n2nc(-c3ccc(Oc4ccccc4)cc3)c(C(N)=O)c2N)C1.CN(C)C/C=C/C(=O)N1CCCC(n2nc(-c3ccc(Oc4ccccc4)cc3)c(C(N)=O)c2N)C1.NC(=O)c1c(-c2ccc(Oc3ccccc3)cc2)nn(C2CCCN(C(=O)CCl)C2)c1N. The van der Waals surface area contributed by atoms with Gasteiger partial charge < -0.3 is 63.3 Å². The molecule has 6 heterocycles. The van der Waals surface area contributed by atoms with Crippen molar-refractivity contribution < 1.29 is 46.6 Å². The maximum atomic E-state index is 12.7. The Morgan fingerprint density at radius 2 is 0.832 bits per heavy atom. The highest BCUT2D eigenvalue weighted by Gasteiger charge is 2.34. The van der Waals surface area contributed by atoms with Crippen LogP contribution in [-0.2, 0) is 19.6 Å². The monoisotopic (exact) mass is 1410 g/mol. The molecule has 0 radical (unpaired) electrons. The lowest BCUT2D eigenvalue weighted by atomic mass is 10.1. The average molecular weight is 1410 g/mol. The smallest absolute Gasteiger partial charge is 0.254 e. The summed E-state index contributed by atoms with van der Waals surface area (Å²) >= 11 is 5.72. The Kier molecular flexibility index (Phi) is 23.7. The predicted molar refractivity (Wildman–Crippen MR) is 388 cm³/mol. The molecule has 0 saturated carbocycles. The second kappa shape index (κ2) is 33.1. The fraction of sp³-hybridized carbons (Fsp3) is 0.260. The van der Waals surface area contributed by atoms with E-state index < -0.39 is 27.7 Å². The molecule has 12 rings (SSSR count). The number of piperidine rings is 3. The number of amides is 5. The number of carbonyl (C=O) groups excluding carboxylic acids is 5. The van der Waals surface area contributed by atoms with Crippen LogP contribution in [0.3, 0.4) is 0 Å². The number of hydrogen-bond acceptors (Lipinski definition) is 17. The number of primary amides is 3. The summed E-state index contributed by atoms with van der Waals surface area (Å²) in [6.07, 6.45) is 7.92. The normalized spacial score (nSPS) is 16.3. The molecule has 3 atom stereocenters. The van der Waals surface area contributed by atoms with Crippen LogP contribution in [0.15, 0.2) is 188 Å². The van der Waals surface area contributed by atoms with Gasteiger partial charge in [-0.2, -0.15) is 19.6 Å². The molecular formula is C73H81ClN16O10S. The van der Waals surface area contributed by atoms with Crippen molar-refractivity contribution in [1.82, 2.24) is 48.3 Å². The molecule has 3 aliphatic heterocycles. The average Bonchev–Trinajstić information content (AvgIpc) is 1.62. The highest BCUT2D eigenvalue weighted by molar-refractivity contribution is 7.92. The molecule has 0 aliphatic carbocycles. The Bertz CT molecular complexity index is 4530. The fourth-order valence-electron chi connectivity index (χ4n) is 12.2. The first-order valence-electron chi connectivity index (χ1n) is 32.7. The third-order valence-electron chi connectivity index (χ3n) is 17.2. The molecule has 3 aliphatic rings. The van der Waals surface area contributed by atoms with E-state index in [2.05, 4.69) is 16.8 Å². The largest absolute Gasteiger partial charge is 0.457 e. The molecule has 3 saturated heterocycles. The number of anilines is 3. The number of nitrogen functional groups attached to an aromatic ring is 3. The number of nitrogens with zero attached hydrogens (tertiary/aromatic N) is 10. The topological polar surface area (TPSA) is 370 Å². The van der Waals surface area contributed by atoms with Crippen molar-refractivity contribution in [2.75, 3.05) is 83.0 Å². The van der Waals surface area contributed by atoms with E-state index in [1.165, 1.54) is 8.99 Å². The Morgan fingerprint density at radius 1 is 0.505 bits per heavy atom. The molecule has 3 aromatic heterocycles. The van der Waals surface area contributed by atoms with E-state index in [-0.39, 0.29) is 76.5 Å². The van der Waals surface area contributed by atoms with E-state index in [1.807, 2.05) is 140 Å². The Hall–Kier alpha value is -11.3. The molecule has 12 N–H and O–H groups in total. The number of nitrogens with two attached hydrogens (primary N) is 6. The second-order valence-corrected chi connectivity index (χ2v) is 26.6. The van der Waals surface area contributed by atoms with Gasteiger partial charge in [-0.3, -0.25) is 24.0 Å². The molecule has 0 bridgehead atoms. The Labute approximate surface area is 590 Å². The number of sulfonamides is 1. The van der Waals surface area contributed by atoms with E-state index in [0.29, 0.717) is 109 Å². The van der Waals surface area contributed by atoms with Gasteiger partial charge in [0.2, 0.25) is 21.8 Å². The molecule has 28 heteroatoms. The van der Waals surface area contributed by atoms with Crippen molar-refractivity contribution >= 4 is 68.6 Å². The molecule has 26 nitrogen and oxygen atoms in total. The van der Waals surface area contributed by atoms with Gasteiger partial charge in [-0.15, -0.1) is 11.6 Å². The van der Waals surface area contributed by atoms with Crippen LogP contribution in [0.1, 0.15) is 87.7 Å². The van der Waals surface area contributed by atoms with Gasteiger partial charge in [-0.05, 0) is 162 Å². The third-order valence-corrected chi connectivity index (χ3v) is 18.9. The standard InChI is InChI=1S/C27H32N6O3.C23H24ClN5O3.C23H25N5O4S/c1-31(2)16-7-11-23(34)32-17-6-8-20(18-32)33-26(28)24(27(29)35)25(30-33)19-12-14-22(15-13-19)36-21-9-4-3-5-10-21;24-13-19(30)28-12-4-5-16(14-28)29-22(25)20(23(26)31)21(27-29)15-8-10-18(11-9-15)32-17-6-2-1-3-7-17;1-2-33(30,31)27-14-6-7-17(15-27)28-22(24)20(23(25)29)21(26-28)16-10-12-19(13-11-16)32-18-8-4-3-5-9-18/h3-5,7,9-15,20H,6,8,16-18,28H2,1-2H3,(H2,29,35);1-3,6-11,16H,4-5,12-14,25H2,(H2,26,31);2-5,8-13,17H,1,6-7,14-15,24H2,(H2,25,29)/b11-7+;;. The van der Waals surface area contributed by atoms with Crippen LogP contribution in [0, 0.1) is 0 Å². The number of benzene rings is 6. The van der Waals surface area contributed by atoms with E-state index in [9.17, 15) is 32.4 Å². The number of para-hydroxylation sites is 3. The summed E-state index contributed by atoms with van der Waals surface area (Å²) in [6, 6.07) is 49.2. The summed E-state index contributed by atoms with van der Waals surface area (Å²) in [5.41, 5.74) is 39.6. The number of rotatable bonds is 21. The highest BCUT2D eigenvalue weighted by Crippen LogP contribution is 2.38. The molecule has 526 valence electrons. The van der Waals surface area contributed by atoms with Crippen molar-refractivity contribution in [3.8, 4) is 68.3 Å². The summed E-state index contributed by atoms with van der Waals surface area (Å²) in [4.78, 5) is 67.0. The number of likely N-dealkylation sites (tertiary alicyclic amines) is 2. The van der Waals surface area contributed by atoms with Gasteiger partial charge in [0.05, 0.1) is 18.1 Å². The first-order valence-corrected chi connectivity index (χ1v) is 34.7. The van der Waals surface area contributed by atoms with Gasteiger partial charge in [-0.1, -0.05) is 67.3 Å². The van der Waals surface area contributed by atoms with Crippen LogP contribution in [0.25, 0.3) is 33.8 Å². The minimum Gasteiger partial charge on any atom is -0.457 e. The summed E-state index contributed by atoms with van der Waals surface area (Å²) in [5.74, 6) is 2.35. The molecule has 6 aromatic carbocycles. The lowest BCUT2D eigenvalue weighted by Crippen LogP contribution is -2.41. The zero-order valence-electron chi connectivity index (χ0n) is 56.0. The van der Waals surface area contributed by atoms with E-state index in [1.54, 1.807) is 73.8 Å². The van der Waals surface area contributed by atoms with Crippen LogP contribution in [0.4, 0.5) is 17.5 Å². The summed E-state index contributed by atoms with van der Waals surface area (Å²) in [7, 11) is 0.329. The summed E-state index contributed by atoms with van der Waals surface area (Å²) in [5, 5.41) is 14.9. The number of hydrogen-bond donors (Lipinski definition) is 6. The van der Waals surface area contributed by atoms with Crippen LogP contribution in [0.5, 0.6) is 34.5 Å². The van der Waals surface area contributed by atoms with Crippen LogP contribution < -0.4 is 48.6 Å². The van der Waals surface area contributed by atoms with Crippen molar-refractivity contribution in [2.24, 2.45) is 17.2 Å². The highest BCUT2D eigenvalue weighted by atomic mass is 35.5. The fourth-order valence-corrected chi connectivity index (χ4v) is 13.3. The number of alkyl halides is 1. The lowest BCUT2D eigenvalue weighted by molar-refractivity contribution is -0.130. The number of aromatic nitrogens is 6. The predicted octanol–water partition coefficient (Wildman–Crippen LogP) is 9.86. The van der Waals surface area contributed by atoms with E-state index in [0.717, 1.165) is 42.6 Å². The van der Waals surface area contributed by atoms with Crippen molar-refractivity contribution in [2.45, 2.75) is 56.7 Å². The third kappa shape index (κ3) is 17.8. The number of likely N-dealkylation sites (N-methyl/N-ethyl adjacent to an activating group) is 1. The van der Waals surface area contributed by atoms with Gasteiger partial charge in [0.1, 0.15) is 91.6 Å². The molecule has 0 spiro atoms. The molecule has 3 fully saturated rings. The van der Waals surface area contributed by atoms with Crippen LogP contribution >= 0.6 is 11.6 Å². The Morgan fingerprint density at radius 3 is 1.17 bits per heavy atom. The van der Waals surface area contributed by atoms with Crippen molar-refractivity contribution in [3.63, 3.8) is 0 Å². The Balaban J connectivity index is 0.000000164. The zero-order chi connectivity index (χ0) is 71.9. The lowest BCUT2D eigenvalue weighted by Gasteiger charge is -2.32. The molecular weight excluding hydrogens is 1330 g/mol. The quantitative estimate of drug-likeness (QED) is 0.0288. The molecule has 101 heavy (non-hydrogen) atoms. The molecule has 3 unspecified atom stereocenters. The van der Waals surface area contributed by atoms with Gasteiger partial charge in [-0.25, -0.2) is 22.5 Å². The number of carbonyl (C=O) groups is 5. The maximum absolute atomic E-state index is 12.7.